The fourth-order valence-corrected chi connectivity index (χ4v) is 8.36. The van der Waals surface area contributed by atoms with Crippen LogP contribution in [0.2, 0.25) is 0 Å². The lowest BCUT2D eigenvalue weighted by Crippen LogP contribution is -2.61. The van der Waals surface area contributed by atoms with Crippen LogP contribution in [0.4, 0.5) is 5.82 Å². The number of nitrogens with one attached hydrogen (secondary N) is 1. The van der Waals surface area contributed by atoms with Gasteiger partial charge in [0.15, 0.2) is 0 Å². The highest BCUT2D eigenvalue weighted by Crippen LogP contribution is 2.55. The molecule has 36 heavy (non-hydrogen) atoms. The summed E-state index contributed by atoms with van der Waals surface area (Å²) in [6.07, 6.45) is 7.59. The Hall–Kier alpha value is -1.80. The molecule has 1 saturated heterocycles. The molecule has 4 aliphatic carbocycles. The monoisotopic (exact) mass is 515 g/mol. The van der Waals surface area contributed by atoms with Gasteiger partial charge in [-0.3, -0.25) is 9.59 Å². The molecule has 0 radical (unpaired) electrons. The van der Waals surface area contributed by atoms with Crippen LogP contribution in [0, 0.1) is 29.1 Å². The van der Waals surface area contributed by atoms with Crippen LogP contribution in [0.25, 0.3) is 0 Å². The maximum absolute atomic E-state index is 13.5. The van der Waals surface area contributed by atoms with E-state index in [9.17, 15) is 19.8 Å². The number of carbonyl (C=O) groups excluding carboxylic acids is 1. The molecular formula is C28H41N3O4S. The molecule has 8 heteroatoms. The lowest BCUT2D eigenvalue weighted by Gasteiger charge is -2.58. The van der Waals surface area contributed by atoms with Gasteiger partial charge in [0, 0.05) is 19.1 Å². The fourth-order valence-electron chi connectivity index (χ4n) is 7.48. The first-order valence-corrected chi connectivity index (χ1v) is 14.7. The van der Waals surface area contributed by atoms with E-state index in [0.717, 1.165) is 74.5 Å². The minimum atomic E-state index is -0.788. The van der Waals surface area contributed by atoms with Gasteiger partial charge in [0.1, 0.15) is 10.8 Å². The zero-order valence-corrected chi connectivity index (χ0v) is 22.6. The normalized spacial score (nSPS) is 33.6. The SMILES string of the molecule is CCCSc1nc(N2CCCC(C(C)(C)C(=O)O)C2)ccc1C(=O)N[C@H]1C2CC3CC1C[C@](O)(C3)C2. The number of piperidine rings is 1. The Bertz CT molecular complexity index is 999. The summed E-state index contributed by atoms with van der Waals surface area (Å²) in [6.45, 7) is 7.26. The van der Waals surface area contributed by atoms with Crippen molar-refractivity contribution in [3.8, 4) is 0 Å². The largest absolute Gasteiger partial charge is 0.481 e. The van der Waals surface area contributed by atoms with E-state index in [1.54, 1.807) is 11.8 Å². The summed E-state index contributed by atoms with van der Waals surface area (Å²) >= 11 is 1.62. The molecule has 0 spiro atoms. The smallest absolute Gasteiger partial charge is 0.309 e. The molecule has 3 atom stereocenters. The van der Waals surface area contributed by atoms with Gasteiger partial charge in [-0.2, -0.15) is 0 Å². The Balaban J connectivity index is 1.33. The molecule has 6 rings (SSSR count). The molecule has 1 aliphatic heterocycles. The quantitative estimate of drug-likeness (QED) is 0.436. The summed E-state index contributed by atoms with van der Waals surface area (Å²) in [7, 11) is 0. The second-order valence-corrected chi connectivity index (χ2v) is 13.5. The van der Waals surface area contributed by atoms with E-state index in [4.69, 9.17) is 4.98 Å². The minimum Gasteiger partial charge on any atom is -0.481 e. The topological polar surface area (TPSA) is 103 Å². The van der Waals surface area contributed by atoms with Crippen LogP contribution in [0.3, 0.4) is 0 Å². The molecule has 1 aromatic rings. The number of amides is 1. The van der Waals surface area contributed by atoms with Crippen molar-refractivity contribution in [2.24, 2.45) is 29.1 Å². The number of aliphatic hydroxyl groups is 1. The van der Waals surface area contributed by atoms with E-state index in [-0.39, 0.29) is 17.9 Å². The molecule has 1 amide bonds. The molecule has 7 nitrogen and oxygen atoms in total. The molecule has 2 heterocycles. The van der Waals surface area contributed by atoms with Crippen molar-refractivity contribution in [1.29, 1.82) is 0 Å². The first-order chi connectivity index (χ1) is 17.1. The first-order valence-electron chi connectivity index (χ1n) is 13.7. The Kier molecular flexibility index (Phi) is 7.05. The van der Waals surface area contributed by atoms with E-state index in [1.807, 2.05) is 26.0 Å². The second-order valence-electron chi connectivity index (χ2n) is 12.4. The van der Waals surface area contributed by atoms with Gasteiger partial charge in [0.2, 0.25) is 0 Å². The number of carboxylic acid groups (broad SMARTS) is 1. The lowest BCUT2D eigenvalue weighted by atomic mass is 9.52. The standard InChI is InChI=1S/C28H41N3O4S/c1-4-10-36-25-21(24(32)30-23-18-11-17-12-19(23)15-28(35,13-17)14-18)7-8-22(29-25)31-9-5-6-20(16-31)27(2,3)26(33)34/h7-8,17-20,23,35H,4-6,9-16H2,1-3H3,(H,30,32)(H,33,34)/t17?,18?,19?,20?,23-,28-. The molecule has 3 N–H and O–H groups in total. The van der Waals surface area contributed by atoms with Crippen LogP contribution < -0.4 is 10.2 Å². The average Bonchev–Trinajstić information content (AvgIpc) is 2.83. The number of pyridine rings is 1. The Morgan fingerprint density at radius 1 is 1.22 bits per heavy atom. The predicted octanol–water partition coefficient (Wildman–Crippen LogP) is 4.58. The van der Waals surface area contributed by atoms with Crippen LogP contribution in [0.5, 0.6) is 0 Å². The van der Waals surface area contributed by atoms with Crippen molar-refractivity contribution >= 4 is 29.5 Å². The molecule has 1 aromatic heterocycles. The summed E-state index contributed by atoms with van der Waals surface area (Å²) in [5, 5.41) is 24.7. The molecular weight excluding hydrogens is 474 g/mol. The van der Waals surface area contributed by atoms with Crippen molar-refractivity contribution in [2.75, 3.05) is 23.7 Å². The van der Waals surface area contributed by atoms with Crippen LogP contribution >= 0.6 is 11.8 Å². The van der Waals surface area contributed by atoms with Crippen LogP contribution in [0.1, 0.15) is 82.5 Å². The summed E-state index contributed by atoms with van der Waals surface area (Å²) in [4.78, 5) is 32.5. The van der Waals surface area contributed by atoms with Crippen molar-refractivity contribution in [2.45, 2.75) is 88.8 Å². The molecule has 4 saturated carbocycles. The molecule has 0 aromatic carbocycles. The third-order valence-corrected chi connectivity index (χ3v) is 10.6. The number of carboxylic acids is 1. The van der Waals surface area contributed by atoms with E-state index in [2.05, 4.69) is 17.1 Å². The maximum Gasteiger partial charge on any atom is 0.309 e. The summed E-state index contributed by atoms with van der Waals surface area (Å²) in [6, 6.07) is 3.98. The minimum absolute atomic E-state index is 0.0482. The predicted molar refractivity (Wildman–Crippen MR) is 141 cm³/mol. The second kappa shape index (κ2) is 9.82. The summed E-state index contributed by atoms with van der Waals surface area (Å²) in [5.74, 6) is 2.29. The van der Waals surface area contributed by atoms with Gasteiger partial charge in [0.25, 0.3) is 5.91 Å². The number of aromatic nitrogens is 1. The number of anilines is 1. The van der Waals surface area contributed by atoms with Gasteiger partial charge in [-0.25, -0.2) is 4.98 Å². The van der Waals surface area contributed by atoms with Gasteiger partial charge in [0.05, 0.1) is 16.6 Å². The van der Waals surface area contributed by atoms with Gasteiger partial charge in [-0.05, 0) is 107 Å². The Labute approximate surface area is 218 Å². The zero-order valence-electron chi connectivity index (χ0n) is 21.8. The molecule has 4 bridgehead atoms. The number of hydrogen-bond donors (Lipinski definition) is 3. The third kappa shape index (κ3) is 4.87. The fraction of sp³-hybridized carbons (Fsp3) is 0.750. The van der Waals surface area contributed by atoms with Crippen LogP contribution in [-0.2, 0) is 4.79 Å². The zero-order chi connectivity index (χ0) is 25.7. The van der Waals surface area contributed by atoms with Crippen molar-refractivity contribution in [3.05, 3.63) is 17.7 Å². The molecule has 5 fully saturated rings. The Morgan fingerprint density at radius 3 is 2.58 bits per heavy atom. The lowest BCUT2D eigenvalue weighted by molar-refractivity contribution is -0.150. The van der Waals surface area contributed by atoms with Gasteiger partial charge in [-0.1, -0.05) is 6.92 Å². The maximum atomic E-state index is 13.5. The van der Waals surface area contributed by atoms with E-state index in [0.29, 0.717) is 29.9 Å². The van der Waals surface area contributed by atoms with Crippen molar-refractivity contribution < 1.29 is 19.8 Å². The highest BCUT2D eigenvalue weighted by molar-refractivity contribution is 7.99. The van der Waals surface area contributed by atoms with Gasteiger partial charge < -0.3 is 20.4 Å². The molecule has 3 unspecified atom stereocenters. The molecule has 5 aliphatic rings. The number of carbonyl (C=O) groups is 2. The highest BCUT2D eigenvalue weighted by atomic mass is 32.2. The van der Waals surface area contributed by atoms with Gasteiger partial charge in [-0.15, -0.1) is 11.8 Å². The van der Waals surface area contributed by atoms with E-state index in [1.165, 1.54) is 0 Å². The first kappa shape index (κ1) is 25.8. The van der Waals surface area contributed by atoms with Crippen LogP contribution in [0.15, 0.2) is 17.2 Å². The van der Waals surface area contributed by atoms with Crippen molar-refractivity contribution in [3.63, 3.8) is 0 Å². The number of hydrogen-bond acceptors (Lipinski definition) is 6. The Morgan fingerprint density at radius 2 is 1.94 bits per heavy atom. The number of nitrogens with zero attached hydrogens (tertiary/aromatic N) is 2. The van der Waals surface area contributed by atoms with Crippen LogP contribution in [-0.4, -0.2) is 57.6 Å². The number of thioether (sulfide) groups is 1. The van der Waals surface area contributed by atoms with E-state index < -0.39 is 17.0 Å². The number of aliphatic carboxylic acids is 1. The third-order valence-electron chi connectivity index (χ3n) is 9.39. The van der Waals surface area contributed by atoms with Crippen molar-refractivity contribution in [1.82, 2.24) is 10.3 Å². The summed E-state index contributed by atoms with van der Waals surface area (Å²) in [5.41, 5.74) is -0.668. The summed E-state index contributed by atoms with van der Waals surface area (Å²) < 4.78 is 0. The van der Waals surface area contributed by atoms with E-state index >= 15 is 0 Å². The average molecular weight is 516 g/mol. The number of rotatable bonds is 8. The highest BCUT2D eigenvalue weighted by Gasteiger charge is 2.55. The molecule has 198 valence electrons. The van der Waals surface area contributed by atoms with Gasteiger partial charge >= 0.3 is 5.97 Å².